The summed E-state index contributed by atoms with van der Waals surface area (Å²) in [6.45, 7) is 6.77. The number of nitrogens with zero attached hydrogens (tertiary/aromatic N) is 1. The molecule has 0 radical (unpaired) electrons. The number of nitrogens with one attached hydrogen (secondary N) is 3. The third-order valence-electron chi connectivity index (χ3n) is 7.04. The summed E-state index contributed by atoms with van der Waals surface area (Å²) in [6, 6.07) is 6.19. The predicted octanol–water partition coefficient (Wildman–Crippen LogP) is 2.53. The zero-order valence-corrected chi connectivity index (χ0v) is 23.4. The van der Waals surface area contributed by atoms with Crippen LogP contribution < -0.4 is 15.7 Å². The number of hydrogen-bond acceptors (Lipinski definition) is 11. The Morgan fingerprint density at radius 3 is 2.55 bits per heavy atom. The molecular formula is C28H30N4O10. The van der Waals surface area contributed by atoms with Crippen LogP contribution in [0.4, 0.5) is 5.69 Å². The molecule has 1 aliphatic heterocycles. The lowest BCUT2D eigenvalue weighted by Crippen LogP contribution is -2.65. The summed E-state index contributed by atoms with van der Waals surface area (Å²) in [5, 5.41) is 24.5. The molecule has 1 aliphatic rings. The van der Waals surface area contributed by atoms with E-state index in [-0.39, 0.29) is 28.1 Å². The number of imidazole rings is 1. The maximum Gasteiger partial charge on any atom is 0.364 e. The lowest BCUT2D eigenvalue weighted by atomic mass is 9.89. The van der Waals surface area contributed by atoms with Gasteiger partial charge in [0.1, 0.15) is 28.8 Å². The number of esters is 1. The molecule has 4 atom stereocenters. The zero-order valence-electron chi connectivity index (χ0n) is 23.4. The Balaban J connectivity index is 1.43. The number of amides is 1. The molecule has 0 bridgehead atoms. The van der Waals surface area contributed by atoms with Crippen LogP contribution in [0, 0.1) is 13.8 Å². The Morgan fingerprint density at radius 1 is 1.14 bits per heavy atom. The van der Waals surface area contributed by atoms with Crippen molar-refractivity contribution in [3.8, 4) is 11.5 Å². The number of hydrogen-bond donors (Lipinski definition) is 5. The van der Waals surface area contributed by atoms with Gasteiger partial charge in [-0.25, -0.2) is 14.6 Å². The van der Waals surface area contributed by atoms with E-state index in [1.807, 2.05) is 0 Å². The number of fused-ring (bicyclic) bond motifs is 1. The topological polar surface area (TPSA) is 198 Å². The first-order valence-corrected chi connectivity index (χ1v) is 12.9. The smallest absolute Gasteiger partial charge is 0.364 e. The first-order chi connectivity index (χ1) is 19.9. The van der Waals surface area contributed by atoms with Crippen LogP contribution in [0.3, 0.4) is 0 Å². The SMILES string of the molecule is CO[C@@H]1[C@@H](OC(=O)c2ccc(C)[nH]2)[C@@H](O)[C@H](Oc2ccc3c(O)c(NC(=O)c4cnc[nH]4)c(=O)oc3c2C)OC1(C)C. The van der Waals surface area contributed by atoms with Gasteiger partial charge in [-0.2, -0.15) is 0 Å². The van der Waals surface area contributed by atoms with Gasteiger partial charge in [0.2, 0.25) is 6.29 Å². The fourth-order valence-electron chi connectivity index (χ4n) is 4.91. The van der Waals surface area contributed by atoms with E-state index in [9.17, 15) is 24.6 Å². The van der Waals surface area contributed by atoms with Gasteiger partial charge >= 0.3 is 11.6 Å². The van der Waals surface area contributed by atoms with E-state index < -0.39 is 59.1 Å². The van der Waals surface area contributed by atoms with Gasteiger partial charge in [-0.1, -0.05) is 0 Å². The number of aryl methyl sites for hydroxylation is 2. The standard InChI is InChI=1S/C28H30N4O10/c1-12-6-8-15(31-12)25(36)41-22-20(34)27(42-28(3,4)23(22)38-5)39-17-9-7-14-19(33)18(26(37)40-21(14)13(17)2)32-24(35)16-10-29-11-30-16/h6-11,20,22-23,27,31,33-34H,1-5H3,(H,29,30)(H,32,35)/t20-,22+,23-,27-/m1/s1. The van der Waals surface area contributed by atoms with Crippen LogP contribution in [0.5, 0.6) is 11.5 Å². The molecule has 3 aromatic heterocycles. The molecule has 0 unspecified atom stereocenters. The second-order valence-corrected chi connectivity index (χ2v) is 10.4. The number of rotatable bonds is 7. The minimum atomic E-state index is -1.49. The number of aliphatic hydroxyl groups excluding tert-OH is 1. The van der Waals surface area contributed by atoms with E-state index in [0.717, 1.165) is 5.69 Å². The first-order valence-electron chi connectivity index (χ1n) is 12.9. The molecule has 1 amide bonds. The van der Waals surface area contributed by atoms with Crippen molar-refractivity contribution in [1.29, 1.82) is 0 Å². The molecule has 5 rings (SSSR count). The highest BCUT2D eigenvalue weighted by atomic mass is 16.7. The van der Waals surface area contributed by atoms with Crippen molar-refractivity contribution in [3.05, 3.63) is 69.9 Å². The number of benzene rings is 1. The number of aromatic hydroxyl groups is 1. The number of carbonyl (C=O) groups is 2. The average molecular weight is 583 g/mol. The van der Waals surface area contributed by atoms with Gasteiger partial charge in [0.05, 0.1) is 23.5 Å². The zero-order chi connectivity index (χ0) is 30.3. The minimum absolute atomic E-state index is 0.0149. The average Bonchev–Trinajstić information content (AvgIpc) is 3.63. The summed E-state index contributed by atoms with van der Waals surface area (Å²) in [5.41, 5.74) is -1.21. The van der Waals surface area contributed by atoms with Crippen molar-refractivity contribution in [2.24, 2.45) is 0 Å². The molecule has 0 aliphatic carbocycles. The van der Waals surface area contributed by atoms with E-state index in [4.69, 9.17) is 23.4 Å². The van der Waals surface area contributed by atoms with Crippen molar-refractivity contribution in [2.45, 2.75) is 57.9 Å². The third kappa shape index (κ3) is 5.22. The number of ether oxygens (including phenoxy) is 4. The molecule has 4 heterocycles. The lowest BCUT2D eigenvalue weighted by Gasteiger charge is -2.47. The molecule has 14 nitrogen and oxygen atoms in total. The van der Waals surface area contributed by atoms with Gasteiger partial charge in [-0.15, -0.1) is 0 Å². The Kier molecular flexibility index (Phi) is 7.53. The van der Waals surface area contributed by atoms with E-state index >= 15 is 0 Å². The monoisotopic (exact) mass is 582 g/mol. The Morgan fingerprint density at radius 2 is 1.90 bits per heavy atom. The third-order valence-corrected chi connectivity index (χ3v) is 7.04. The van der Waals surface area contributed by atoms with Crippen molar-refractivity contribution in [1.82, 2.24) is 15.0 Å². The first kappa shape index (κ1) is 28.9. The Labute approximate surface area is 238 Å². The highest BCUT2D eigenvalue weighted by Crippen LogP contribution is 2.38. The van der Waals surface area contributed by atoms with E-state index in [0.29, 0.717) is 5.56 Å². The fourth-order valence-corrected chi connectivity index (χ4v) is 4.91. The number of aliphatic hydroxyl groups is 1. The molecule has 0 spiro atoms. The largest absolute Gasteiger partial charge is 0.505 e. The van der Waals surface area contributed by atoms with Crippen LogP contribution in [-0.2, 0) is 14.2 Å². The molecule has 1 saturated heterocycles. The van der Waals surface area contributed by atoms with Gasteiger partial charge in [0.25, 0.3) is 5.91 Å². The van der Waals surface area contributed by atoms with Crippen molar-refractivity contribution in [3.63, 3.8) is 0 Å². The Bertz CT molecular complexity index is 1690. The molecule has 14 heteroatoms. The van der Waals surface area contributed by atoms with Crippen LogP contribution >= 0.6 is 0 Å². The summed E-state index contributed by atoms with van der Waals surface area (Å²) >= 11 is 0. The lowest BCUT2D eigenvalue weighted by molar-refractivity contribution is -0.305. The van der Waals surface area contributed by atoms with Crippen LogP contribution in [0.1, 0.15) is 46.1 Å². The van der Waals surface area contributed by atoms with Gasteiger partial charge in [-0.05, 0) is 52.0 Å². The van der Waals surface area contributed by atoms with Crippen LogP contribution in [-0.4, -0.2) is 74.4 Å². The summed E-state index contributed by atoms with van der Waals surface area (Å²) in [6.07, 6.45) is -2.30. The normalized spacial score (nSPS) is 21.7. The number of anilines is 1. The molecule has 0 saturated carbocycles. The van der Waals surface area contributed by atoms with Crippen molar-refractivity contribution < 1.29 is 43.2 Å². The van der Waals surface area contributed by atoms with Gasteiger partial charge in [-0.3, -0.25) is 4.79 Å². The summed E-state index contributed by atoms with van der Waals surface area (Å²) in [5.74, 6) is -1.75. The summed E-state index contributed by atoms with van der Waals surface area (Å²) in [4.78, 5) is 47.2. The molecular weight excluding hydrogens is 552 g/mol. The highest BCUT2D eigenvalue weighted by molar-refractivity contribution is 6.05. The number of H-pyrrole nitrogens is 2. The fraction of sp³-hybridized carbons (Fsp3) is 0.357. The highest BCUT2D eigenvalue weighted by Gasteiger charge is 2.53. The summed E-state index contributed by atoms with van der Waals surface area (Å²) < 4.78 is 28.7. The second kappa shape index (κ2) is 11.0. The molecule has 1 fully saturated rings. The molecule has 1 aromatic carbocycles. The summed E-state index contributed by atoms with van der Waals surface area (Å²) in [7, 11) is 1.41. The maximum absolute atomic E-state index is 12.8. The Hall–Kier alpha value is -4.66. The molecule has 4 aromatic rings. The molecule has 42 heavy (non-hydrogen) atoms. The number of carbonyl (C=O) groups excluding carboxylic acids is 2. The van der Waals surface area contributed by atoms with E-state index in [2.05, 4.69) is 20.3 Å². The second-order valence-electron chi connectivity index (χ2n) is 10.4. The van der Waals surface area contributed by atoms with Gasteiger partial charge < -0.3 is 48.9 Å². The number of methoxy groups -OCH3 is 1. The minimum Gasteiger partial charge on any atom is -0.505 e. The van der Waals surface area contributed by atoms with Crippen LogP contribution in [0.25, 0.3) is 11.0 Å². The molecule has 222 valence electrons. The maximum atomic E-state index is 12.8. The molecule has 5 N–H and O–H groups in total. The van der Waals surface area contributed by atoms with Crippen LogP contribution in [0.15, 0.2) is 46.0 Å². The van der Waals surface area contributed by atoms with E-state index in [1.165, 1.54) is 31.8 Å². The predicted molar refractivity (Wildman–Crippen MR) is 147 cm³/mol. The van der Waals surface area contributed by atoms with Crippen LogP contribution in [0.2, 0.25) is 0 Å². The quantitative estimate of drug-likeness (QED) is 0.158. The van der Waals surface area contributed by atoms with Crippen molar-refractivity contribution >= 4 is 28.5 Å². The van der Waals surface area contributed by atoms with Crippen molar-refractivity contribution in [2.75, 3.05) is 12.4 Å². The number of aromatic nitrogens is 3. The number of aromatic amines is 2. The van der Waals surface area contributed by atoms with Gasteiger partial charge in [0, 0.05) is 18.4 Å². The van der Waals surface area contributed by atoms with E-state index in [1.54, 1.807) is 39.8 Å². The van der Waals surface area contributed by atoms with Gasteiger partial charge in [0.15, 0.2) is 23.6 Å².